The van der Waals surface area contributed by atoms with Gasteiger partial charge in [0.15, 0.2) is 5.71 Å². The summed E-state index contributed by atoms with van der Waals surface area (Å²) in [5, 5.41) is 21.5. The van der Waals surface area contributed by atoms with Gasteiger partial charge in [-0.1, -0.05) is 50.5 Å². The Morgan fingerprint density at radius 3 is 2.57 bits per heavy atom. The minimum atomic E-state index is -0.754. The molecule has 3 heterocycles. The van der Waals surface area contributed by atoms with Crippen LogP contribution < -0.4 is 9.47 Å². The summed E-state index contributed by atoms with van der Waals surface area (Å²) in [6.07, 6.45) is 16.2. The molecule has 4 rings (SSSR count). The molecule has 1 aromatic carbocycles. The molecule has 0 bridgehead atoms. The van der Waals surface area contributed by atoms with Crippen LogP contribution in [0.25, 0.3) is 0 Å². The Hall–Kier alpha value is -2.76. The first-order chi connectivity index (χ1) is 20.9. The Labute approximate surface area is 273 Å². The van der Waals surface area contributed by atoms with Crippen molar-refractivity contribution in [3.63, 3.8) is 0 Å². The Morgan fingerprint density at radius 2 is 1.86 bits per heavy atom. The highest BCUT2D eigenvalue weighted by Crippen LogP contribution is 2.50. The van der Waals surface area contributed by atoms with E-state index in [1.807, 2.05) is 6.07 Å². The lowest BCUT2D eigenvalue weighted by Gasteiger charge is -2.27. The van der Waals surface area contributed by atoms with E-state index in [4.69, 9.17) is 19.7 Å². The van der Waals surface area contributed by atoms with Gasteiger partial charge in [-0.2, -0.15) is 0 Å². The quantitative estimate of drug-likeness (QED) is 0.0513. The summed E-state index contributed by atoms with van der Waals surface area (Å²) in [4.78, 5) is 19.2. The number of rotatable bonds is 14. The van der Waals surface area contributed by atoms with Crippen LogP contribution >= 0.6 is 28.0 Å². The number of carbonyl (C=O) groups is 1. The number of aromatic nitrogens is 1. The first kappa shape index (κ1) is 34.1. The van der Waals surface area contributed by atoms with Crippen molar-refractivity contribution in [2.75, 3.05) is 11.4 Å². The summed E-state index contributed by atoms with van der Waals surface area (Å²) in [5.74, 6) is 0.273. The van der Waals surface area contributed by atoms with Crippen molar-refractivity contribution in [1.82, 2.24) is 0 Å². The molecule has 0 unspecified atom stereocenters. The molecule has 0 saturated carbocycles. The number of aliphatic imine (C=N–C) groups is 1. The third-order valence-corrected chi connectivity index (χ3v) is 9.38. The number of nitrogens with zero attached hydrogens (tertiary/aromatic N) is 3. The number of pyridine rings is 1. The summed E-state index contributed by atoms with van der Waals surface area (Å²) < 4.78 is 8.02. The van der Waals surface area contributed by atoms with Crippen LogP contribution in [0, 0.1) is 6.92 Å². The molecule has 2 aromatic rings. The summed E-state index contributed by atoms with van der Waals surface area (Å²) in [7, 11) is 0. The lowest BCUT2D eigenvalue weighted by molar-refractivity contribution is -0.684. The second-order valence-corrected chi connectivity index (χ2v) is 14.0. The number of unbranched alkanes of at least 4 members (excludes halogenated alkanes) is 2. The molecule has 0 aliphatic carbocycles. The van der Waals surface area contributed by atoms with Gasteiger partial charge in [-0.25, -0.2) is 9.82 Å². The van der Waals surface area contributed by atoms with E-state index in [0.29, 0.717) is 6.42 Å². The normalized spacial score (nSPS) is 17.6. The average molecular weight is 686 g/mol. The smallest absolute Gasteiger partial charge is 0.327 e. The van der Waals surface area contributed by atoms with Crippen molar-refractivity contribution in [2.24, 2.45) is 4.99 Å². The molecular weight excluding hydrogens is 642 g/mol. The molecule has 1 aromatic heterocycles. The highest BCUT2D eigenvalue weighted by molar-refractivity contribution is 9.10. The fourth-order valence-corrected chi connectivity index (χ4v) is 7.10. The van der Waals surface area contributed by atoms with Crippen LogP contribution in [0.2, 0.25) is 0 Å². The standard InChI is InChI=1S/C34H42BrN3O5S/c1-7-17-37-22-24(35)20-27-32(37)36-28(33(27,3)4)14-10-8-11-15-29-34(5,6)26-21-25(44-43-42-41)19-23(2)31(26)38(29)18-13-9-12-16-30(39)40/h8,10-11,14-15,19-22H,7,9,12-13,16-18H2,1-6H3,(H-,39,40,41)/p+1. The van der Waals surface area contributed by atoms with Crippen molar-refractivity contribution < 1.29 is 29.1 Å². The predicted octanol–water partition coefficient (Wildman–Crippen LogP) is 8.69. The van der Waals surface area contributed by atoms with Gasteiger partial charge in [0.25, 0.3) is 0 Å². The zero-order chi connectivity index (χ0) is 32.1. The van der Waals surface area contributed by atoms with Crippen LogP contribution in [-0.4, -0.2) is 28.6 Å². The van der Waals surface area contributed by atoms with Gasteiger partial charge >= 0.3 is 11.8 Å². The third-order valence-electron chi connectivity index (χ3n) is 8.39. The van der Waals surface area contributed by atoms with Crippen LogP contribution in [-0.2, 0) is 31.5 Å². The Kier molecular flexibility index (Phi) is 11.3. The molecule has 2 aliphatic rings. The third kappa shape index (κ3) is 7.37. The Bertz CT molecular complexity index is 1510. The molecule has 8 nitrogen and oxygen atoms in total. The van der Waals surface area contributed by atoms with Gasteiger partial charge in [-0.05, 0) is 102 Å². The summed E-state index contributed by atoms with van der Waals surface area (Å²) >= 11 is 4.64. The van der Waals surface area contributed by atoms with Gasteiger partial charge in [0.2, 0.25) is 0 Å². The number of hydrogen-bond donors (Lipinski definition) is 2. The lowest BCUT2D eigenvalue weighted by Crippen LogP contribution is -2.35. The van der Waals surface area contributed by atoms with E-state index < -0.39 is 5.97 Å². The van der Waals surface area contributed by atoms with Gasteiger partial charge in [0, 0.05) is 34.7 Å². The SMILES string of the molecule is CCC[n+]1cc(Br)cc2c1N=C(/C=C/C=C/C=C1/N(CCCCCC(=O)O)c3c(C)cc(SOOO)cc3C1(C)C)C2(C)C. The van der Waals surface area contributed by atoms with Crippen LogP contribution in [0.15, 0.2) is 74.8 Å². The van der Waals surface area contributed by atoms with E-state index in [0.717, 1.165) is 87.8 Å². The van der Waals surface area contributed by atoms with Gasteiger partial charge in [0.05, 0.1) is 34.0 Å². The first-order valence-electron chi connectivity index (χ1n) is 15.1. The molecule has 44 heavy (non-hydrogen) atoms. The topological polar surface area (TPSA) is 95.5 Å². The number of hydrogen-bond acceptors (Lipinski definition) is 7. The van der Waals surface area contributed by atoms with Gasteiger partial charge in [-0.3, -0.25) is 4.79 Å². The van der Waals surface area contributed by atoms with E-state index in [2.05, 4.69) is 121 Å². The van der Waals surface area contributed by atoms with Crippen molar-refractivity contribution in [3.8, 4) is 0 Å². The molecule has 0 fully saturated rings. The lowest BCUT2D eigenvalue weighted by atomic mass is 9.82. The molecular formula is C34H43BrN3O5S+. The fourth-order valence-electron chi connectivity index (χ4n) is 6.13. The number of anilines is 1. The number of halogens is 1. The number of fused-ring (bicyclic) bond motifs is 2. The number of aryl methyl sites for hydroxylation is 2. The summed E-state index contributed by atoms with van der Waals surface area (Å²) in [6, 6.07) is 6.27. The highest BCUT2D eigenvalue weighted by Gasteiger charge is 2.43. The van der Waals surface area contributed by atoms with Crippen molar-refractivity contribution in [2.45, 2.75) is 95.9 Å². The van der Waals surface area contributed by atoms with E-state index >= 15 is 0 Å². The molecule has 236 valence electrons. The zero-order valence-corrected chi connectivity index (χ0v) is 28.8. The van der Waals surface area contributed by atoms with Gasteiger partial charge in [-0.15, -0.1) is 4.33 Å². The Morgan fingerprint density at radius 1 is 1.09 bits per heavy atom. The first-order valence-corrected chi connectivity index (χ1v) is 16.6. The minimum Gasteiger partial charge on any atom is -0.481 e. The van der Waals surface area contributed by atoms with E-state index in [1.54, 1.807) is 0 Å². The van der Waals surface area contributed by atoms with Crippen LogP contribution in [0.5, 0.6) is 0 Å². The number of benzene rings is 1. The van der Waals surface area contributed by atoms with E-state index in [9.17, 15) is 4.79 Å². The van der Waals surface area contributed by atoms with Crippen molar-refractivity contribution in [3.05, 3.63) is 81.6 Å². The van der Waals surface area contributed by atoms with Crippen LogP contribution in [0.3, 0.4) is 0 Å². The molecule has 0 saturated heterocycles. The Balaban J connectivity index is 1.60. The molecule has 2 N–H and O–H groups in total. The van der Waals surface area contributed by atoms with Crippen molar-refractivity contribution in [1.29, 1.82) is 0 Å². The molecule has 0 spiro atoms. The zero-order valence-electron chi connectivity index (χ0n) is 26.4. The van der Waals surface area contributed by atoms with Gasteiger partial charge in [0.1, 0.15) is 6.20 Å². The number of aliphatic carboxylic acids is 1. The highest BCUT2D eigenvalue weighted by atomic mass is 79.9. The molecule has 0 radical (unpaired) electrons. The number of carboxylic acid groups (broad SMARTS) is 1. The summed E-state index contributed by atoms with van der Waals surface area (Å²) in [5.41, 5.74) is 6.31. The number of carboxylic acids is 1. The second kappa shape index (κ2) is 14.6. The molecule has 10 heteroatoms. The second-order valence-electron chi connectivity index (χ2n) is 12.4. The minimum absolute atomic E-state index is 0.190. The van der Waals surface area contributed by atoms with Gasteiger partial charge < -0.3 is 10.0 Å². The number of allylic oxidation sites excluding steroid dienone is 6. The predicted molar refractivity (Wildman–Crippen MR) is 179 cm³/mol. The van der Waals surface area contributed by atoms with Crippen LogP contribution in [0.1, 0.15) is 83.4 Å². The maximum Gasteiger partial charge on any atom is 0.327 e. The maximum atomic E-state index is 11.0. The monoisotopic (exact) mass is 684 g/mol. The average Bonchev–Trinajstić information content (AvgIpc) is 3.33. The van der Waals surface area contributed by atoms with Crippen molar-refractivity contribution >= 4 is 51.2 Å². The molecule has 2 aliphatic heterocycles. The van der Waals surface area contributed by atoms with Crippen LogP contribution in [0.4, 0.5) is 11.5 Å². The maximum absolute atomic E-state index is 11.0. The van der Waals surface area contributed by atoms with E-state index in [-0.39, 0.29) is 17.3 Å². The van der Waals surface area contributed by atoms with E-state index in [1.165, 1.54) is 5.56 Å². The largest absolute Gasteiger partial charge is 0.481 e. The fraction of sp³-hybridized carbons (Fsp3) is 0.441. The molecule has 0 amide bonds. The molecule has 0 atom stereocenters. The summed E-state index contributed by atoms with van der Waals surface area (Å²) in [6.45, 7) is 14.8.